The van der Waals surface area contributed by atoms with Gasteiger partial charge in [-0.15, -0.1) is 11.8 Å². The fraction of sp³-hybridized carbons (Fsp3) is 0.320. The molecule has 2 heterocycles. The first-order valence-corrected chi connectivity index (χ1v) is 13.0. The van der Waals surface area contributed by atoms with Crippen LogP contribution in [0, 0.1) is 12.7 Å². The average Bonchev–Trinajstić information content (AvgIpc) is 3.18. The summed E-state index contributed by atoms with van der Waals surface area (Å²) < 4.78 is 15.5. The van der Waals surface area contributed by atoms with Crippen LogP contribution >= 0.6 is 23.5 Å². The Hall–Kier alpha value is -2.58. The van der Waals surface area contributed by atoms with Gasteiger partial charge in [0.25, 0.3) is 5.56 Å². The Balaban J connectivity index is 1.49. The van der Waals surface area contributed by atoms with Crippen LogP contribution in [-0.4, -0.2) is 26.5 Å². The molecule has 8 heteroatoms. The topological polar surface area (TPSA) is 64.0 Å². The summed E-state index contributed by atoms with van der Waals surface area (Å²) in [6, 6.07) is 13.8. The van der Waals surface area contributed by atoms with Gasteiger partial charge in [0.05, 0.1) is 22.7 Å². The lowest BCUT2D eigenvalue weighted by Crippen LogP contribution is -2.29. The van der Waals surface area contributed by atoms with Gasteiger partial charge in [0, 0.05) is 11.2 Å². The quantitative estimate of drug-likeness (QED) is 0.294. The zero-order valence-corrected chi connectivity index (χ0v) is 19.8. The van der Waals surface area contributed by atoms with E-state index in [0.29, 0.717) is 10.4 Å². The Morgan fingerprint density at radius 3 is 2.85 bits per heavy atom. The lowest BCUT2D eigenvalue weighted by atomic mass is 9.85. The predicted octanol–water partition coefficient (Wildman–Crippen LogP) is 5.54. The summed E-state index contributed by atoms with van der Waals surface area (Å²) in [6.45, 7) is 1.98. The molecule has 2 aliphatic rings. The third kappa shape index (κ3) is 4.46. The number of aromatic nitrogens is 2. The molecule has 3 aromatic rings. The molecule has 33 heavy (non-hydrogen) atoms. The molecule has 170 valence electrons. The number of para-hydroxylation sites is 1. The molecular weight excluding hydrogens is 457 g/mol. The van der Waals surface area contributed by atoms with E-state index in [1.54, 1.807) is 28.5 Å². The fourth-order valence-corrected chi connectivity index (χ4v) is 6.96. The van der Waals surface area contributed by atoms with Crippen LogP contribution in [0.3, 0.4) is 0 Å². The molecule has 1 fully saturated rings. The number of carbonyl (C=O) groups is 1. The third-order valence-corrected chi connectivity index (χ3v) is 8.47. The Morgan fingerprint density at radius 2 is 2.03 bits per heavy atom. The first-order valence-electron chi connectivity index (χ1n) is 11.1. The second-order valence-corrected chi connectivity index (χ2v) is 10.6. The van der Waals surface area contributed by atoms with Gasteiger partial charge < -0.3 is 5.32 Å². The molecule has 2 aromatic carbocycles. The van der Waals surface area contributed by atoms with Gasteiger partial charge in [-0.25, -0.2) is 9.37 Å². The molecule has 0 spiro atoms. The maximum absolute atomic E-state index is 13.9. The number of hydrogen-bond acceptors (Lipinski definition) is 5. The van der Waals surface area contributed by atoms with Crippen molar-refractivity contribution < 1.29 is 9.18 Å². The highest BCUT2D eigenvalue weighted by atomic mass is 32.2. The highest BCUT2D eigenvalue weighted by Gasteiger charge is 2.39. The summed E-state index contributed by atoms with van der Waals surface area (Å²) in [5.74, 6) is -0.569. The second-order valence-electron chi connectivity index (χ2n) is 8.46. The Morgan fingerprint density at radius 1 is 1.21 bits per heavy atom. The van der Waals surface area contributed by atoms with Crippen molar-refractivity contribution in [2.24, 2.45) is 0 Å². The van der Waals surface area contributed by atoms with Crippen LogP contribution in [0.2, 0.25) is 0 Å². The van der Waals surface area contributed by atoms with Gasteiger partial charge in [0.1, 0.15) is 10.8 Å². The Labute approximate surface area is 200 Å². The van der Waals surface area contributed by atoms with E-state index in [1.807, 2.05) is 31.2 Å². The summed E-state index contributed by atoms with van der Waals surface area (Å²) in [4.78, 5) is 31.2. The zero-order chi connectivity index (χ0) is 22.9. The maximum atomic E-state index is 13.9. The molecule has 1 saturated carbocycles. The number of nitrogens with one attached hydrogen (secondary N) is 1. The predicted molar refractivity (Wildman–Crippen MR) is 131 cm³/mol. The normalized spacial score (nSPS) is 19.1. The maximum Gasteiger partial charge on any atom is 0.263 e. The van der Waals surface area contributed by atoms with E-state index in [0.717, 1.165) is 41.1 Å². The lowest BCUT2D eigenvalue weighted by Gasteiger charge is -2.24. The van der Waals surface area contributed by atoms with Crippen LogP contribution < -0.4 is 10.9 Å². The average molecular weight is 482 g/mol. The van der Waals surface area contributed by atoms with Crippen molar-refractivity contribution in [1.29, 1.82) is 0 Å². The van der Waals surface area contributed by atoms with Crippen molar-refractivity contribution in [3.8, 4) is 5.69 Å². The molecule has 1 aliphatic heterocycles. The molecule has 1 aromatic heterocycles. The number of nitrogens with zero attached hydrogens (tertiary/aromatic N) is 2. The minimum absolute atomic E-state index is 0.0168. The molecule has 0 radical (unpaired) electrons. The number of rotatable bonds is 5. The summed E-state index contributed by atoms with van der Waals surface area (Å²) in [5, 5.41) is 4.30. The number of thioether (sulfide) groups is 2. The zero-order valence-electron chi connectivity index (χ0n) is 18.2. The van der Waals surface area contributed by atoms with Crippen LogP contribution in [0.1, 0.15) is 42.7 Å². The summed E-state index contributed by atoms with van der Waals surface area (Å²) >= 11 is 2.90. The number of fused-ring (bicyclic) bond motifs is 3. The second kappa shape index (κ2) is 9.35. The van der Waals surface area contributed by atoms with Crippen molar-refractivity contribution in [3.63, 3.8) is 0 Å². The molecule has 5 nitrogen and oxygen atoms in total. The molecule has 0 bridgehead atoms. The number of amides is 1. The van der Waals surface area contributed by atoms with Crippen LogP contribution in [0.15, 0.2) is 63.5 Å². The Bertz CT molecular complexity index is 1280. The summed E-state index contributed by atoms with van der Waals surface area (Å²) in [7, 11) is 0. The SMILES string of the molecule is Cc1cccc(-n2c(SCC(=O)Nc3ccccc3F)nc3c(c2=O)[C@@H]2CCCC[C@H]2S3)c1. The molecule has 0 unspecified atom stereocenters. The van der Waals surface area contributed by atoms with Crippen LogP contribution in [0.25, 0.3) is 5.69 Å². The van der Waals surface area contributed by atoms with Gasteiger partial charge in [0.2, 0.25) is 5.91 Å². The van der Waals surface area contributed by atoms with E-state index in [4.69, 9.17) is 4.98 Å². The molecule has 0 saturated heterocycles. The van der Waals surface area contributed by atoms with Gasteiger partial charge in [-0.1, -0.05) is 48.9 Å². The van der Waals surface area contributed by atoms with E-state index in [1.165, 1.54) is 30.3 Å². The number of halogens is 1. The van der Waals surface area contributed by atoms with E-state index < -0.39 is 5.82 Å². The summed E-state index contributed by atoms with van der Waals surface area (Å²) in [5.41, 5.74) is 2.71. The van der Waals surface area contributed by atoms with Gasteiger partial charge in [-0.3, -0.25) is 14.2 Å². The molecule has 1 amide bonds. The fourth-order valence-electron chi connectivity index (χ4n) is 4.58. The van der Waals surface area contributed by atoms with Gasteiger partial charge >= 0.3 is 0 Å². The number of anilines is 1. The highest BCUT2D eigenvalue weighted by Crippen LogP contribution is 2.50. The van der Waals surface area contributed by atoms with Crippen LogP contribution in [0.5, 0.6) is 0 Å². The van der Waals surface area contributed by atoms with Crippen molar-refractivity contribution in [1.82, 2.24) is 9.55 Å². The van der Waals surface area contributed by atoms with E-state index in [9.17, 15) is 14.0 Å². The summed E-state index contributed by atoms with van der Waals surface area (Å²) in [6.07, 6.45) is 4.44. The van der Waals surface area contributed by atoms with E-state index in [-0.39, 0.29) is 28.8 Å². The van der Waals surface area contributed by atoms with Crippen molar-refractivity contribution in [3.05, 3.63) is 75.8 Å². The Kier molecular flexibility index (Phi) is 6.29. The van der Waals surface area contributed by atoms with E-state index >= 15 is 0 Å². The number of hydrogen-bond donors (Lipinski definition) is 1. The van der Waals surface area contributed by atoms with Crippen molar-refractivity contribution in [2.75, 3.05) is 11.1 Å². The van der Waals surface area contributed by atoms with Crippen LogP contribution in [0.4, 0.5) is 10.1 Å². The number of carbonyl (C=O) groups excluding carboxylic acids is 1. The van der Waals surface area contributed by atoms with Crippen molar-refractivity contribution >= 4 is 35.1 Å². The van der Waals surface area contributed by atoms with Gasteiger partial charge in [0.15, 0.2) is 5.16 Å². The third-order valence-electron chi connectivity index (χ3n) is 6.13. The minimum Gasteiger partial charge on any atom is -0.323 e. The van der Waals surface area contributed by atoms with Gasteiger partial charge in [-0.05, 0) is 49.6 Å². The molecule has 1 aliphatic carbocycles. The standard InChI is InChI=1S/C25H24FN3O2S2/c1-15-7-6-8-16(13-15)29-24(31)22-17-9-2-5-12-20(17)33-23(22)28-25(29)32-14-21(30)27-19-11-4-3-10-18(19)26/h3-4,6-8,10-11,13,17,20H,2,5,9,12,14H2,1H3,(H,27,30)/t17-,20-/m1/s1. The van der Waals surface area contributed by atoms with E-state index in [2.05, 4.69) is 5.32 Å². The van der Waals surface area contributed by atoms with Crippen molar-refractivity contribution in [2.45, 2.75) is 54.0 Å². The largest absolute Gasteiger partial charge is 0.323 e. The van der Waals surface area contributed by atoms with Gasteiger partial charge in [-0.2, -0.15) is 0 Å². The first kappa shape index (κ1) is 22.2. The lowest BCUT2D eigenvalue weighted by molar-refractivity contribution is -0.113. The molecule has 2 atom stereocenters. The smallest absolute Gasteiger partial charge is 0.263 e. The highest BCUT2D eigenvalue weighted by molar-refractivity contribution is 8.00. The molecular formula is C25H24FN3O2S2. The molecule has 1 N–H and O–H groups in total. The minimum atomic E-state index is -0.484. The number of aryl methyl sites for hydroxylation is 1. The monoisotopic (exact) mass is 481 g/mol. The van der Waals surface area contributed by atoms with Crippen LogP contribution in [-0.2, 0) is 4.79 Å². The first-order chi connectivity index (χ1) is 16.0. The number of benzene rings is 2. The molecule has 5 rings (SSSR count).